The van der Waals surface area contributed by atoms with Gasteiger partial charge in [0, 0.05) is 0 Å². The molecule has 0 aliphatic heterocycles. The first-order valence-electron chi connectivity index (χ1n) is 2.92. The van der Waals surface area contributed by atoms with Crippen LogP contribution in [0.25, 0.3) is 0 Å². The Kier molecular flexibility index (Phi) is 1.59. The van der Waals surface area contributed by atoms with E-state index in [2.05, 4.69) is 0 Å². The van der Waals surface area contributed by atoms with Crippen molar-refractivity contribution < 1.29 is 5.11 Å². The van der Waals surface area contributed by atoms with Crippen LogP contribution in [0.4, 0.5) is 0 Å². The number of para-hydroxylation sites is 1. The number of hydrogen-bond donors (Lipinski definition) is 0. The molecule has 0 N–H and O–H groups in total. The van der Waals surface area contributed by atoms with E-state index in [0.29, 0.717) is 5.56 Å². The highest BCUT2D eigenvalue weighted by Crippen LogP contribution is 2.20. The molecule has 0 atom stereocenters. The van der Waals surface area contributed by atoms with E-state index in [9.17, 15) is 5.11 Å². The lowest BCUT2D eigenvalue weighted by molar-refractivity contribution is 0.350. The number of nitrogens with zero attached hydrogens (tertiary/aromatic N) is 1. The first-order chi connectivity index (χ1) is 4.75. The first-order valence-corrected chi connectivity index (χ1v) is 2.92. The highest BCUT2D eigenvalue weighted by atomic mass is 16.3. The minimum atomic E-state index is -0.162. The highest BCUT2D eigenvalue weighted by Gasteiger charge is 2.02. The van der Waals surface area contributed by atoms with Crippen molar-refractivity contribution in [2.24, 2.45) is 0 Å². The Morgan fingerprint density at radius 3 is 2.70 bits per heavy atom. The van der Waals surface area contributed by atoms with E-state index in [1.165, 1.54) is 6.07 Å². The topological polar surface area (TPSA) is 43.7 Å². The predicted molar refractivity (Wildman–Crippen MR) is 36.0 cm³/mol. The number of hydrogen-bond acceptors (Lipinski definition) is 1. The van der Waals surface area contributed by atoms with Gasteiger partial charge in [-0.1, -0.05) is 12.1 Å². The van der Waals surface area contributed by atoms with Crippen LogP contribution in [0.2, 0.25) is 0 Å². The molecule has 0 unspecified atom stereocenters. The van der Waals surface area contributed by atoms with E-state index in [-0.39, 0.29) is 11.3 Å². The van der Waals surface area contributed by atoms with E-state index >= 15 is 0 Å². The Labute approximate surface area is 59.3 Å². The number of aryl methyl sites for hydroxylation is 1. The molecule has 10 heavy (non-hydrogen) atoms. The monoisotopic (exact) mass is 132 g/mol. The average molecular weight is 132 g/mol. The Hall–Kier alpha value is -1.49. The van der Waals surface area contributed by atoms with Crippen LogP contribution in [-0.4, -0.2) is 0 Å². The van der Waals surface area contributed by atoms with E-state index < -0.39 is 0 Å². The zero-order chi connectivity index (χ0) is 7.56. The fourth-order valence-corrected chi connectivity index (χ4v) is 0.741. The van der Waals surface area contributed by atoms with Crippen LogP contribution in [0.1, 0.15) is 11.1 Å². The van der Waals surface area contributed by atoms with E-state index in [0.717, 1.165) is 0 Å². The molecule has 0 amide bonds. The summed E-state index contributed by atoms with van der Waals surface area (Å²) in [7, 11) is 0. The van der Waals surface area contributed by atoms with E-state index in [1.54, 1.807) is 19.1 Å². The Bertz CT molecular complexity index is 286. The molecular formula is C8H6NO. The maximum Gasteiger partial charge on any atom is 0.199 e. The van der Waals surface area contributed by atoms with Gasteiger partial charge >= 0.3 is 0 Å². The van der Waals surface area contributed by atoms with Crippen molar-refractivity contribution in [3.63, 3.8) is 0 Å². The molecule has 0 aromatic heterocycles. The van der Waals surface area contributed by atoms with Gasteiger partial charge < -0.3 is 0 Å². The second-order valence-electron chi connectivity index (χ2n) is 2.06. The molecule has 0 saturated heterocycles. The molecule has 0 heterocycles. The summed E-state index contributed by atoms with van der Waals surface area (Å²) in [6.45, 7) is 1.70. The van der Waals surface area contributed by atoms with Crippen molar-refractivity contribution in [3.05, 3.63) is 29.3 Å². The van der Waals surface area contributed by atoms with Gasteiger partial charge in [0.25, 0.3) is 0 Å². The van der Waals surface area contributed by atoms with Crippen LogP contribution in [0.15, 0.2) is 18.2 Å². The van der Waals surface area contributed by atoms with Crippen molar-refractivity contribution in [2.45, 2.75) is 6.92 Å². The third-order valence-electron chi connectivity index (χ3n) is 1.33. The summed E-state index contributed by atoms with van der Waals surface area (Å²) in [5.41, 5.74) is 0.846. The Morgan fingerprint density at radius 2 is 2.20 bits per heavy atom. The normalized spacial score (nSPS) is 8.80. The largest absolute Gasteiger partial charge is 0.288 e. The lowest BCUT2D eigenvalue weighted by Crippen LogP contribution is -1.77. The summed E-state index contributed by atoms with van der Waals surface area (Å²) in [5.74, 6) is -0.162. The summed E-state index contributed by atoms with van der Waals surface area (Å²) >= 11 is 0. The standard InChI is InChI=1S/C8H6NO/c1-6-3-2-4-7(5-9)8(6)10/h2-4H,1H3. The molecule has 0 saturated carbocycles. The minimum Gasteiger partial charge on any atom is -0.288 e. The lowest BCUT2D eigenvalue weighted by atomic mass is 10.1. The third-order valence-corrected chi connectivity index (χ3v) is 1.33. The molecule has 0 aliphatic carbocycles. The van der Waals surface area contributed by atoms with E-state index in [1.807, 2.05) is 6.07 Å². The van der Waals surface area contributed by atoms with Gasteiger partial charge in [-0.3, -0.25) is 5.11 Å². The fourth-order valence-electron chi connectivity index (χ4n) is 0.741. The van der Waals surface area contributed by atoms with Crippen LogP contribution in [0.5, 0.6) is 5.75 Å². The Morgan fingerprint density at radius 1 is 1.50 bits per heavy atom. The summed E-state index contributed by atoms with van der Waals surface area (Å²) in [5, 5.41) is 19.4. The average Bonchev–Trinajstić information content (AvgIpc) is 1.95. The number of rotatable bonds is 0. The van der Waals surface area contributed by atoms with Crippen LogP contribution in [-0.2, 0) is 5.11 Å². The van der Waals surface area contributed by atoms with Gasteiger partial charge in [-0.05, 0) is 18.6 Å². The van der Waals surface area contributed by atoms with Gasteiger partial charge in [0.05, 0.1) is 5.56 Å². The third kappa shape index (κ3) is 0.939. The number of nitriles is 1. The van der Waals surface area contributed by atoms with E-state index in [4.69, 9.17) is 5.26 Å². The Balaban J connectivity index is 3.31. The summed E-state index contributed by atoms with van der Waals surface area (Å²) in [6, 6.07) is 6.75. The predicted octanol–water partition coefficient (Wildman–Crippen LogP) is 2.01. The molecule has 1 aromatic rings. The molecule has 0 fully saturated rings. The molecule has 0 bridgehead atoms. The number of benzene rings is 1. The summed E-state index contributed by atoms with van der Waals surface area (Å²) < 4.78 is 0. The quantitative estimate of drug-likeness (QED) is 0.532. The molecule has 1 rings (SSSR count). The maximum atomic E-state index is 11.0. The van der Waals surface area contributed by atoms with Gasteiger partial charge in [0.2, 0.25) is 0 Å². The zero-order valence-electron chi connectivity index (χ0n) is 5.59. The molecule has 2 heteroatoms. The van der Waals surface area contributed by atoms with Crippen molar-refractivity contribution in [1.29, 1.82) is 5.26 Å². The van der Waals surface area contributed by atoms with Crippen LogP contribution < -0.4 is 0 Å². The minimum absolute atomic E-state index is 0.162. The molecule has 1 radical (unpaired) electrons. The van der Waals surface area contributed by atoms with Crippen molar-refractivity contribution in [3.8, 4) is 11.8 Å². The van der Waals surface area contributed by atoms with Gasteiger partial charge in [-0.2, -0.15) is 5.26 Å². The summed E-state index contributed by atoms with van der Waals surface area (Å²) in [4.78, 5) is 0. The summed E-state index contributed by atoms with van der Waals surface area (Å²) in [6.07, 6.45) is 0. The second-order valence-corrected chi connectivity index (χ2v) is 2.06. The van der Waals surface area contributed by atoms with Crippen molar-refractivity contribution in [1.82, 2.24) is 0 Å². The van der Waals surface area contributed by atoms with Crippen LogP contribution >= 0.6 is 0 Å². The maximum absolute atomic E-state index is 11.0. The molecule has 1 aromatic carbocycles. The van der Waals surface area contributed by atoms with Crippen LogP contribution in [0.3, 0.4) is 0 Å². The van der Waals surface area contributed by atoms with Crippen molar-refractivity contribution in [2.75, 3.05) is 0 Å². The second kappa shape index (κ2) is 2.40. The van der Waals surface area contributed by atoms with Crippen LogP contribution in [0, 0.1) is 18.3 Å². The SMILES string of the molecule is Cc1cccc(C#N)c1[O]. The fraction of sp³-hybridized carbons (Fsp3) is 0.125. The van der Waals surface area contributed by atoms with Gasteiger partial charge in [0.15, 0.2) is 5.75 Å². The van der Waals surface area contributed by atoms with Gasteiger partial charge in [0.1, 0.15) is 6.07 Å². The molecule has 0 spiro atoms. The molecular weight excluding hydrogens is 126 g/mol. The smallest absolute Gasteiger partial charge is 0.199 e. The van der Waals surface area contributed by atoms with Crippen molar-refractivity contribution >= 4 is 0 Å². The van der Waals surface area contributed by atoms with Gasteiger partial charge in [-0.25, -0.2) is 0 Å². The molecule has 49 valence electrons. The highest BCUT2D eigenvalue weighted by molar-refractivity contribution is 5.46. The van der Waals surface area contributed by atoms with Gasteiger partial charge in [-0.15, -0.1) is 0 Å². The lowest BCUT2D eigenvalue weighted by Gasteiger charge is -1.93. The molecule has 2 nitrogen and oxygen atoms in total. The molecule has 0 aliphatic rings. The zero-order valence-corrected chi connectivity index (χ0v) is 5.59. The first kappa shape index (κ1) is 6.63.